The monoisotopic (exact) mass is 355 g/mol. The number of aryl methyl sites for hydroxylation is 1. The van der Waals surface area contributed by atoms with E-state index in [2.05, 4.69) is 39.5 Å². The Balaban J connectivity index is 1.50. The average Bonchev–Trinajstić information content (AvgIpc) is 3.47. The minimum Gasteiger partial charge on any atom is -0.332 e. The Labute approximate surface area is 153 Å². The van der Waals surface area contributed by atoms with E-state index in [1.54, 1.807) is 12.3 Å². The van der Waals surface area contributed by atoms with E-state index in [9.17, 15) is 4.79 Å². The molecular weight excluding hydrogens is 334 g/mol. The Morgan fingerprint density at radius 3 is 2.80 bits per heavy atom. The molecule has 130 valence electrons. The third-order valence-corrected chi connectivity index (χ3v) is 5.28. The molecule has 2 amide bonds. The van der Waals surface area contributed by atoms with Gasteiger partial charge in [0.25, 0.3) is 0 Å². The quantitative estimate of drug-likeness (QED) is 0.878. The number of hydrogen-bond donors (Lipinski definition) is 1. The molecule has 0 bridgehead atoms. The molecule has 4 rings (SSSR count). The van der Waals surface area contributed by atoms with Gasteiger partial charge in [-0.2, -0.15) is 0 Å². The van der Waals surface area contributed by atoms with Gasteiger partial charge in [-0.1, -0.05) is 35.9 Å². The second kappa shape index (κ2) is 7.04. The summed E-state index contributed by atoms with van der Waals surface area (Å²) in [6, 6.07) is 12.8. The van der Waals surface area contributed by atoms with E-state index >= 15 is 0 Å². The number of aromatic nitrogens is 1. The fourth-order valence-electron chi connectivity index (χ4n) is 3.70. The van der Waals surface area contributed by atoms with Crippen molar-refractivity contribution in [1.82, 2.24) is 15.2 Å². The van der Waals surface area contributed by atoms with Crippen molar-refractivity contribution in [2.75, 3.05) is 0 Å². The van der Waals surface area contributed by atoms with Gasteiger partial charge in [-0.3, -0.25) is 4.98 Å². The van der Waals surface area contributed by atoms with Crippen LogP contribution in [0.4, 0.5) is 4.79 Å². The highest BCUT2D eigenvalue weighted by atomic mass is 35.5. The van der Waals surface area contributed by atoms with Gasteiger partial charge in [-0.05, 0) is 55.4 Å². The van der Waals surface area contributed by atoms with E-state index in [1.807, 2.05) is 6.07 Å². The molecule has 0 aliphatic heterocycles. The Kier molecular flexibility index (Phi) is 4.62. The smallest absolute Gasteiger partial charge is 0.318 e. The van der Waals surface area contributed by atoms with Crippen LogP contribution in [0.5, 0.6) is 0 Å². The number of amides is 2. The fourth-order valence-corrected chi connectivity index (χ4v) is 3.81. The van der Waals surface area contributed by atoms with Crippen LogP contribution in [0.2, 0.25) is 5.02 Å². The van der Waals surface area contributed by atoms with Gasteiger partial charge >= 0.3 is 6.03 Å². The summed E-state index contributed by atoms with van der Waals surface area (Å²) in [7, 11) is 0. The van der Waals surface area contributed by atoms with Crippen molar-refractivity contribution in [3.05, 3.63) is 64.4 Å². The van der Waals surface area contributed by atoms with E-state index < -0.39 is 0 Å². The van der Waals surface area contributed by atoms with Crippen LogP contribution >= 0.6 is 11.6 Å². The Bertz CT molecular complexity index is 758. The summed E-state index contributed by atoms with van der Waals surface area (Å²) in [5.74, 6) is 0. The second-order valence-corrected chi connectivity index (χ2v) is 7.31. The molecule has 1 aromatic carbocycles. The number of hydrogen-bond acceptors (Lipinski definition) is 2. The number of nitrogens with one attached hydrogen (secondary N) is 1. The van der Waals surface area contributed by atoms with Gasteiger partial charge in [0.2, 0.25) is 0 Å². The molecular formula is C20H22ClN3O. The van der Waals surface area contributed by atoms with Crippen LogP contribution in [0.25, 0.3) is 0 Å². The number of pyridine rings is 1. The maximum Gasteiger partial charge on any atom is 0.318 e. The van der Waals surface area contributed by atoms with Crippen molar-refractivity contribution < 1.29 is 4.79 Å². The molecule has 1 N–H and O–H groups in total. The van der Waals surface area contributed by atoms with Crippen molar-refractivity contribution in [3.8, 4) is 0 Å². The summed E-state index contributed by atoms with van der Waals surface area (Å²) >= 11 is 5.87. The Morgan fingerprint density at radius 2 is 2.04 bits per heavy atom. The van der Waals surface area contributed by atoms with Crippen molar-refractivity contribution >= 4 is 17.6 Å². The van der Waals surface area contributed by atoms with Crippen molar-refractivity contribution in [1.29, 1.82) is 0 Å². The number of carbonyl (C=O) groups is 1. The maximum absolute atomic E-state index is 12.9. The number of nitrogens with zero attached hydrogens (tertiary/aromatic N) is 2. The first-order chi connectivity index (χ1) is 12.2. The maximum atomic E-state index is 12.9. The van der Waals surface area contributed by atoms with E-state index in [0.29, 0.717) is 17.6 Å². The number of halogens is 1. The van der Waals surface area contributed by atoms with Crippen LogP contribution in [-0.4, -0.2) is 22.0 Å². The largest absolute Gasteiger partial charge is 0.332 e. The lowest BCUT2D eigenvalue weighted by molar-refractivity contribution is 0.161. The summed E-state index contributed by atoms with van der Waals surface area (Å²) in [4.78, 5) is 19.3. The molecule has 0 radical (unpaired) electrons. The predicted molar refractivity (Wildman–Crippen MR) is 98.5 cm³/mol. The molecule has 25 heavy (non-hydrogen) atoms. The number of benzene rings is 1. The molecule has 1 aromatic heterocycles. The molecule has 0 saturated heterocycles. The molecule has 2 aliphatic carbocycles. The third kappa shape index (κ3) is 3.64. The molecule has 5 heteroatoms. The van der Waals surface area contributed by atoms with E-state index in [0.717, 1.165) is 37.8 Å². The van der Waals surface area contributed by atoms with Crippen LogP contribution in [0.3, 0.4) is 0 Å². The normalized spacial score (nSPS) is 19.2. The first-order valence-corrected chi connectivity index (χ1v) is 9.34. The van der Waals surface area contributed by atoms with Gasteiger partial charge < -0.3 is 10.2 Å². The molecule has 2 aliphatic rings. The lowest BCUT2D eigenvalue weighted by Crippen LogP contribution is -2.44. The minimum atomic E-state index is 0.0148. The zero-order chi connectivity index (χ0) is 17.2. The number of urea groups is 1. The molecule has 1 atom stereocenters. The van der Waals surface area contributed by atoms with Gasteiger partial charge in [0.15, 0.2) is 0 Å². The summed E-state index contributed by atoms with van der Waals surface area (Å²) in [5, 5.41) is 3.65. The highest BCUT2D eigenvalue weighted by molar-refractivity contribution is 6.30. The number of fused-ring (bicyclic) bond motifs is 1. The average molecular weight is 356 g/mol. The van der Waals surface area contributed by atoms with Gasteiger partial charge in [-0.15, -0.1) is 0 Å². The standard InChI is InChI=1S/C20H22ClN3O/c21-15-8-9-16(22-12-15)13-23-20(25)24(17-10-11-17)19-7-3-5-14-4-1-2-6-18(14)19/h1-2,4,6,8-9,12,17,19H,3,5,7,10-11,13H2,(H,23,25). The van der Waals surface area contributed by atoms with Gasteiger partial charge in [0, 0.05) is 12.2 Å². The topological polar surface area (TPSA) is 45.2 Å². The molecule has 2 aromatic rings. The summed E-state index contributed by atoms with van der Waals surface area (Å²) in [6.07, 6.45) is 7.11. The SMILES string of the molecule is O=C(NCc1ccc(Cl)cn1)N(C1CC1)C1CCCc2ccccc21. The molecule has 1 saturated carbocycles. The molecule has 1 heterocycles. The minimum absolute atomic E-state index is 0.0148. The van der Waals surface area contributed by atoms with Crippen molar-refractivity contribution in [2.24, 2.45) is 0 Å². The van der Waals surface area contributed by atoms with Gasteiger partial charge in [0.1, 0.15) is 0 Å². The zero-order valence-electron chi connectivity index (χ0n) is 14.1. The summed E-state index contributed by atoms with van der Waals surface area (Å²) in [6.45, 7) is 0.424. The highest BCUT2D eigenvalue weighted by Gasteiger charge is 2.39. The first-order valence-electron chi connectivity index (χ1n) is 8.97. The molecule has 4 nitrogen and oxygen atoms in total. The highest BCUT2D eigenvalue weighted by Crippen LogP contribution is 2.40. The predicted octanol–water partition coefficient (Wildman–Crippen LogP) is 4.49. The van der Waals surface area contributed by atoms with Gasteiger partial charge in [0.05, 0.1) is 23.3 Å². The van der Waals surface area contributed by atoms with E-state index in [-0.39, 0.29) is 12.1 Å². The lowest BCUT2D eigenvalue weighted by atomic mass is 9.87. The van der Waals surface area contributed by atoms with Crippen LogP contribution in [0.1, 0.15) is 48.5 Å². The van der Waals surface area contributed by atoms with Crippen molar-refractivity contribution in [3.63, 3.8) is 0 Å². The Morgan fingerprint density at radius 1 is 1.20 bits per heavy atom. The van der Waals surface area contributed by atoms with Crippen LogP contribution < -0.4 is 5.32 Å². The zero-order valence-corrected chi connectivity index (χ0v) is 14.9. The fraction of sp³-hybridized carbons (Fsp3) is 0.400. The summed E-state index contributed by atoms with van der Waals surface area (Å²) in [5.41, 5.74) is 3.52. The number of rotatable bonds is 4. The first kappa shape index (κ1) is 16.4. The van der Waals surface area contributed by atoms with E-state index in [1.165, 1.54) is 11.1 Å². The number of carbonyl (C=O) groups excluding carboxylic acids is 1. The third-order valence-electron chi connectivity index (χ3n) is 5.06. The molecule has 1 fully saturated rings. The molecule has 0 spiro atoms. The second-order valence-electron chi connectivity index (χ2n) is 6.87. The van der Waals surface area contributed by atoms with Crippen LogP contribution in [0, 0.1) is 0 Å². The van der Waals surface area contributed by atoms with Crippen LogP contribution in [-0.2, 0) is 13.0 Å². The van der Waals surface area contributed by atoms with E-state index in [4.69, 9.17) is 11.6 Å². The molecule has 1 unspecified atom stereocenters. The lowest BCUT2D eigenvalue weighted by Gasteiger charge is -2.36. The van der Waals surface area contributed by atoms with Crippen LogP contribution in [0.15, 0.2) is 42.6 Å². The Hall–Kier alpha value is -2.07. The van der Waals surface area contributed by atoms with Crippen molar-refractivity contribution in [2.45, 2.75) is 50.7 Å². The van der Waals surface area contributed by atoms with Gasteiger partial charge in [-0.25, -0.2) is 4.79 Å². The summed E-state index contributed by atoms with van der Waals surface area (Å²) < 4.78 is 0.